The zero-order chi connectivity index (χ0) is 31.4. The summed E-state index contributed by atoms with van der Waals surface area (Å²) in [4.78, 5) is 21.4. The van der Waals surface area contributed by atoms with Crippen LogP contribution in [0.2, 0.25) is 0 Å². The molecule has 0 spiro atoms. The molecule has 10 nitrogen and oxygen atoms in total. The predicted molar refractivity (Wildman–Crippen MR) is 178 cm³/mol. The van der Waals surface area contributed by atoms with Crippen molar-refractivity contribution in [1.29, 1.82) is 0 Å². The molecular weight excluding hydrogens is 586 g/mol. The van der Waals surface area contributed by atoms with Crippen molar-refractivity contribution >= 4 is 17.9 Å². The van der Waals surface area contributed by atoms with Crippen molar-refractivity contribution in [3.8, 4) is 11.4 Å². The van der Waals surface area contributed by atoms with Crippen LogP contribution < -0.4 is 10.1 Å². The van der Waals surface area contributed by atoms with Crippen LogP contribution in [0.25, 0.3) is 5.69 Å². The maximum atomic E-state index is 12.2. The normalized spacial score (nSPS) is 17.5. The largest absolute Gasteiger partial charge is 0.486 e. The van der Waals surface area contributed by atoms with Crippen molar-refractivity contribution in [3.63, 3.8) is 0 Å². The monoisotopic (exact) mass is 633 g/mol. The van der Waals surface area contributed by atoms with Crippen molar-refractivity contribution in [2.45, 2.75) is 75.9 Å². The number of amides is 1. The predicted octanol–water partition coefficient (Wildman–Crippen LogP) is 5.44. The Labute approximate surface area is 271 Å². The van der Waals surface area contributed by atoms with Gasteiger partial charge in [0, 0.05) is 56.8 Å². The maximum absolute atomic E-state index is 12.2. The van der Waals surface area contributed by atoms with Crippen LogP contribution in [0.1, 0.15) is 56.5 Å². The molecule has 0 bridgehead atoms. The Morgan fingerprint density at radius 3 is 2.76 bits per heavy atom. The van der Waals surface area contributed by atoms with Crippen LogP contribution in [-0.4, -0.2) is 92.8 Å². The van der Waals surface area contributed by atoms with Crippen LogP contribution in [0, 0.1) is 6.92 Å². The fourth-order valence-electron chi connectivity index (χ4n) is 5.71. The minimum absolute atomic E-state index is 0.291. The van der Waals surface area contributed by atoms with E-state index in [2.05, 4.69) is 75.4 Å². The number of piperazine rings is 1. The number of rotatable bonds is 14. The number of pyridine rings is 1. The first-order valence-electron chi connectivity index (χ1n) is 16.2. The summed E-state index contributed by atoms with van der Waals surface area (Å²) in [6.45, 7) is 13.0. The fraction of sp³-hybridized carbons (Fsp3) is 0.529. The van der Waals surface area contributed by atoms with Crippen LogP contribution in [0.5, 0.6) is 5.75 Å². The zero-order valence-electron chi connectivity index (χ0n) is 26.9. The molecule has 1 aliphatic heterocycles. The number of allylic oxidation sites excluding steroid dienone is 1. The molecule has 1 atom stereocenters. The second kappa shape index (κ2) is 16.8. The molecule has 2 aromatic heterocycles. The van der Waals surface area contributed by atoms with Gasteiger partial charge in [-0.15, -0.1) is 10.2 Å². The quantitative estimate of drug-likeness (QED) is 0.184. The molecule has 0 radical (unpaired) electrons. The van der Waals surface area contributed by atoms with E-state index in [0.717, 1.165) is 86.4 Å². The number of hydrogen-bond acceptors (Lipinski definition) is 9. The van der Waals surface area contributed by atoms with Gasteiger partial charge in [-0.05, 0) is 88.3 Å². The third kappa shape index (κ3) is 9.79. The minimum atomic E-state index is -0.341. The second-order valence-corrected chi connectivity index (χ2v) is 13.2. The van der Waals surface area contributed by atoms with E-state index in [0.29, 0.717) is 31.1 Å². The number of ether oxygens (including phenoxy) is 2. The van der Waals surface area contributed by atoms with E-state index in [-0.39, 0.29) is 6.09 Å². The van der Waals surface area contributed by atoms with E-state index >= 15 is 0 Å². The number of aryl methyl sites for hydroxylation is 2. The van der Waals surface area contributed by atoms with Gasteiger partial charge >= 0.3 is 6.09 Å². The van der Waals surface area contributed by atoms with Crippen molar-refractivity contribution in [1.82, 2.24) is 34.9 Å². The molecule has 1 unspecified atom stereocenters. The van der Waals surface area contributed by atoms with Gasteiger partial charge in [0.25, 0.3) is 0 Å². The molecular formula is C34H47N7O3S. The van der Waals surface area contributed by atoms with Crippen LogP contribution >= 0.6 is 11.8 Å². The lowest BCUT2D eigenvalue weighted by Gasteiger charge is -2.36. The van der Waals surface area contributed by atoms with E-state index in [4.69, 9.17) is 9.47 Å². The zero-order valence-corrected chi connectivity index (χ0v) is 27.7. The second-order valence-electron chi connectivity index (χ2n) is 12.0. The molecule has 1 aliphatic carbocycles. The molecule has 2 aliphatic rings. The summed E-state index contributed by atoms with van der Waals surface area (Å²) < 4.78 is 13.7. The number of nitrogens with zero attached hydrogens (tertiary/aromatic N) is 6. The van der Waals surface area contributed by atoms with Crippen LogP contribution in [0.15, 0.2) is 60.0 Å². The molecule has 3 heterocycles. The van der Waals surface area contributed by atoms with Crippen LogP contribution in [0.4, 0.5) is 4.79 Å². The van der Waals surface area contributed by atoms with E-state index in [9.17, 15) is 4.79 Å². The number of benzene rings is 1. The van der Waals surface area contributed by atoms with Crippen molar-refractivity contribution in [2.24, 2.45) is 0 Å². The Morgan fingerprint density at radius 2 is 2.02 bits per heavy atom. The van der Waals surface area contributed by atoms with Gasteiger partial charge in [-0.3, -0.25) is 19.4 Å². The number of carbonyl (C=O) groups is 1. The summed E-state index contributed by atoms with van der Waals surface area (Å²) >= 11 is 1.73. The van der Waals surface area contributed by atoms with Gasteiger partial charge in [0.05, 0.1) is 18.5 Å². The summed E-state index contributed by atoms with van der Waals surface area (Å²) in [5.41, 5.74) is 3.28. The third-order valence-electron chi connectivity index (χ3n) is 8.41. The van der Waals surface area contributed by atoms with Gasteiger partial charge < -0.3 is 14.8 Å². The molecule has 1 amide bonds. The maximum Gasteiger partial charge on any atom is 0.407 e. The number of hydrogen-bond donors (Lipinski definition) is 1. The minimum Gasteiger partial charge on any atom is -0.486 e. The lowest BCUT2D eigenvalue weighted by molar-refractivity contribution is 0.107. The summed E-state index contributed by atoms with van der Waals surface area (Å²) in [5, 5.41) is 13.1. The van der Waals surface area contributed by atoms with E-state index < -0.39 is 0 Å². The Morgan fingerprint density at radius 1 is 1.16 bits per heavy atom. The Bertz CT molecular complexity index is 1390. The third-order valence-corrected chi connectivity index (χ3v) is 9.58. The number of alkyl carbamates (subject to hydrolysis) is 1. The average molecular weight is 634 g/mol. The highest BCUT2D eigenvalue weighted by atomic mass is 32.2. The molecule has 45 heavy (non-hydrogen) atoms. The standard InChI is InChI=1S/C34H47N7O3S/c1-26(2)40-20-18-39(19-21-40)17-16-36-34(42)43-22-8-9-28-13-14-30(23-27(28)3)44-25-32-37-38-33(45-31-11-5-4-6-12-31)41(32)29-10-7-15-35-24-29/h5,7,10-11,13-15,23-24,26,31H,4,6,8-9,12,16-22,25H2,1-3H3,(H,36,42). The van der Waals surface area contributed by atoms with Gasteiger partial charge in [0.15, 0.2) is 11.0 Å². The van der Waals surface area contributed by atoms with Crippen molar-refractivity contribution in [3.05, 3.63) is 71.8 Å². The summed E-state index contributed by atoms with van der Waals surface area (Å²) in [6.07, 6.45) is 12.8. The average Bonchev–Trinajstić information content (AvgIpc) is 3.46. The molecule has 11 heteroatoms. The molecule has 1 N–H and O–H groups in total. The number of thioether (sulfide) groups is 1. The van der Waals surface area contributed by atoms with E-state index in [1.54, 1.807) is 18.0 Å². The molecule has 0 saturated carbocycles. The highest BCUT2D eigenvalue weighted by Gasteiger charge is 2.20. The SMILES string of the molecule is Cc1cc(OCc2nnc(SC3C=CCCC3)n2-c2cccnc2)ccc1CCCOC(=O)NCCN1CCN(C(C)C)CC1. The van der Waals surface area contributed by atoms with Gasteiger partial charge in [0.2, 0.25) is 0 Å². The molecule has 5 rings (SSSR count). The first kappa shape index (κ1) is 33.0. The summed E-state index contributed by atoms with van der Waals surface area (Å²) in [5.74, 6) is 1.51. The first-order valence-corrected chi connectivity index (χ1v) is 17.1. The highest BCUT2D eigenvalue weighted by molar-refractivity contribution is 7.99. The molecule has 1 fully saturated rings. The number of carbonyl (C=O) groups excluding carboxylic acids is 1. The molecule has 3 aromatic rings. The lowest BCUT2D eigenvalue weighted by Crippen LogP contribution is -2.50. The van der Waals surface area contributed by atoms with E-state index in [1.807, 2.05) is 29.0 Å². The molecule has 1 saturated heterocycles. The van der Waals surface area contributed by atoms with Gasteiger partial charge in [0.1, 0.15) is 12.4 Å². The molecule has 1 aromatic carbocycles. The smallest absolute Gasteiger partial charge is 0.407 e. The Hall–Kier alpha value is -3.41. The lowest BCUT2D eigenvalue weighted by atomic mass is 10.0. The van der Waals surface area contributed by atoms with Crippen molar-refractivity contribution < 1.29 is 14.3 Å². The number of nitrogens with one attached hydrogen (secondary N) is 1. The summed E-state index contributed by atoms with van der Waals surface area (Å²) in [6, 6.07) is 10.7. The van der Waals surface area contributed by atoms with Crippen LogP contribution in [0.3, 0.4) is 0 Å². The van der Waals surface area contributed by atoms with Gasteiger partial charge in [-0.1, -0.05) is 30.0 Å². The highest BCUT2D eigenvalue weighted by Crippen LogP contribution is 2.31. The first-order chi connectivity index (χ1) is 22.0. The topological polar surface area (TPSA) is 97.6 Å². The van der Waals surface area contributed by atoms with Gasteiger partial charge in [-0.25, -0.2) is 4.79 Å². The fourth-order valence-corrected chi connectivity index (χ4v) is 6.86. The van der Waals surface area contributed by atoms with Crippen LogP contribution in [-0.2, 0) is 17.8 Å². The van der Waals surface area contributed by atoms with Gasteiger partial charge in [-0.2, -0.15) is 0 Å². The Balaban J connectivity index is 1.05. The summed E-state index contributed by atoms with van der Waals surface area (Å²) in [7, 11) is 0. The number of aromatic nitrogens is 4. The van der Waals surface area contributed by atoms with Crippen molar-refractivity contribution in [2.75, 3.05) is 45.9 Å². The molecule has 242 valence electrons. The van der Waals surface area contributed by atoms with E-state index in [1.165, 1.54) is 12.0 Å². The Kier molecular flexibility index (Phi) is 12.3.